The number of rotatable bonds is 0. The van der Waals surface area contributed by atoms with Crippen molar-refractivity contribution < 1.29 is 52.7 Å². The predicted octanol–water partition coefficient (Wildman–Crippen LogP) is 6.21. The van der Waals surface area contributed by atoms with Crippen molar-refractivity contribution in [1.29, 1.82) is 0 Å². The molecular formula is C24H40Fe2O4. The molecule has 0 unspecified atom stereocenters. The number of hydrogen-bond donors (Lipinski definition) is 0. The van der Waals surface area contributed by atoms with Crippen molar-refractivity contribution in [3.8, 4) is 0 Å². The quantitative estimate of drug-likeness (QED) is 0.214. The van der Waals surface area contributed by atoms with E-state index in [0.717, 1.165) is 59.2 Å². The molecule has 0 bridgehead atoms. The zero-order valence-corrected chi connectivity index (χ0v) is 22.3. The first-order valence-corrected chi connectivity index (χ1v) is 9.92. The molecule has 0 spiro atoms. The van der Waals surface area contributed by atoms with E-state index in [4.69, 9.17) is 18.6 Å². The van der Waals surface area contributed by atoms with E-state index in [9.17, 15) is 0 Å². The Morgan fingerprint density at radius 3 is 0.333 bits per heavy atom. The van der Waals surface area contributed by atoms with Crippen LogP contribution in [-0.4, -0.2) is 0 Å². The summed E-state index contributed by atoms with van der Waals surface area (Å²) in [5, 5.41) is 0. The van der Waals surface area contributed by atoms with Crippen LogP contribution >= 0.6 is 0 Å². The van der Waals surface area contributed by atoms with Gasteiger partial charge in [0.1, 0.15) is 0 Å². The zero-order valence-electron chi connectivity index (χ0n) is 20.1. The molecule has 4 nitrogen and oxygen atoms in total. The Labute approximate surface area is 207 Å². The van der Waals surface area contributed by atoms with Gasteiger partial charge in [-0.1, -0.05) is 69.2 Å². The third-order valence-electron chi connectivity index (χ3n) is 8.29. The van der Waals surface area contributed by atoms with E-state index in [-0.39, 0.29) is 34.1 Å². The average Bonchev–Trinajstić information content (AvgIpc) is 3.04. The third-order valence-corrected chi connectivity index (χ3v) is 8.29. The molecular weight excluding hydrogens is 464 g/mol. The molecule has 0 radical (unpaired) electrons. The maximum Gasteiger partial charge on any atom is 0 e. The summed E-state index contributed by atoms with van der Waals surface area (Å²) in [4.78, 5) is 0. The van der Waals surface area contributed by atoms with Crippen LogP contribution in [0.2, 0.25) is 0 Å². The Hall–Kier alpha value is -0.00104. The van der Waals surface area contributed by atoms with Crippen molar-refractivity contribution in [2.75, 3.05) is 0 Å². The minimum Gasteiger partial charge on any atom is 0 e. The van der Waals surface area contributed by atoms with Gasteiger partial charge in [0.25, 0.3) is 0 Å². The molecule has 0 N–H and O–H groups in total. The first-order valence-electron chi connectivity index (χ1n) is 9.92. The van der Waals surface area contributed by atoms with E-state index in [2.05, 4.69) is 95.8 Å². The average molecular weight is 504 g/mol. The summed E-state index contributed by atoms with van der Waals surface area (Å²) in [5.74, 6) is 9.35. The molecule has 2 fully saturated rings. The number of hydrogen-bond acceptors (Lipinski definition) is 0. The van der Waals surface area contributed by atoms with Gasteiger partial charge >= 0.3 is 45.2 Å². The van der Waals surface area contributed by atoms with Crippen molar-refractivity contribution >= 4 is 0 Å². The minimum atomic E-state index is 0. The topological polar surface area (TPSA) is 79.6 Å². The fraction of sp³-hybridized carbons (Fsp3) is 0.833. The van der Waals surface area contributed by atoms with Crippen LogP contribution in [0.4, 0.5) is 0 Å². The predicted molar refractivity (Wildman–Crippen MR) is 107 cm³/mol. The Morgan fingerprint density at radius 2 is 0.300 bits per heavy atom. The van der Waals surface area contributed by atoms with Gasteiger partial charge in [-0.2, -0.15) is 0 Å². The summed E-state index contributed by atoms with van der Waals surface area (Å²) in [6, 6.07) is 0. The maximum absolute atomic E-state index is 7.50. The van der Waals surface area contributed by atoms with Crippen molar-refractivity contribution in [1.82, 2.24) is 0 Å². The molecule has 2 aliphatic carbocycles. The monoisotopic (exact) mass is 504 g/mol. The SMILES string of the molecule is CC1C(C)C(C)C(C)C1C.CC1C(C)C(C)C(C)C1C.[C-]#[O+].[C-]#[O+].[C-]#[O+].[C-]#[O+].[Fe].[Fe]. The van der Waals surface area contributed by atoms with Crippen molar-refractivity contribution in [2.24, 2.45) is 59.2 Å². The van der Waals surface area contributed by atoms with Gasteiger partial charge in [-0.25, -0.2) is 0 Å². The van der Waals surface area contributed by atoms with Crippen LogP contribution in [0.15, 0.2) is 0 Å². The van der Waals surface area contributed by atoms with E-state index < -0.39 is 0 Å². The van der Waals surface area contributed by atoms with E-state index in [1.165, 1.54) is 0 Å². The molecule has 0 aromatic heterocycles. The molecule has 30 heavy (non-hydrogen) atoms. The normalized spacial score (nSPS) is 37.3. The second-order valence-electron chi connectivity index (χ2n) is 8.59. The summed E-state index contributed by atoms with van der Waals surface area (Å²) in [5.41, 5.74) is 0. The van der Waals surface area contributed by atoms with Gasteiger partial charge < -0.3 is 0 Å². The summed E-state index contributed by atoms with van der Waals surface area (Å²) in [7, 11) is 0. The van der Waals surface area contributed by atoms with Crippen LogP contribution in [0, 0.1) is 85.8 Å². The smallest absolute Gasteiger partial charge is 0 e. The van der Waals surface area contributed by atoms with Crippen LogP contribution in [0.1, 0.15) is 69.2 Å². The van der Waals surface area contributed by atoms with Crippen LogP contribution in [0.25, 0.3) is 0 Å². The summed E-state index contributed by atoms with van der Waals surface area (Å²) in [6.45, 7) is 42.0. The molecule has 2 saturated carbocycles. The van der Waals surface area contributed by atoms with Gasteiger partial charge in [-0.05, 0) is 59.2 Å². The van der Waals surface area contributed by atoms with Gasteiger partial charge in [0.05, 0.1) is 0 Å². The van der Waals surface area contributed by atoms with E-state index in [1.54, 1.807) is 0 Å². The Morgan fingerprint density at radius 1 is 0.267 bits per heavy atom. The summed E-state index contributed by atoms with van der Waals surface area (Å²) >= 11 is 0. The van der Waals surface area contributed by atoms with E-state index in [1.807, 2.05) is 0 Å². The van der Waals surface area contributed by atoms with Gasteiger partial charge in [-0.15, -0.1) is 0 Å². The first kappa shape index (κ1) is 43.8. The van der Waals surface area contributed by atoms with Crippen molar-refractivity contribution in [2.45, 2.75) is 69.2 Å². The van der Waals surface area contributed by atoms with E-state index in [0.29, 0.717) is 0 Å². The third kappa shape index (κ3) is 12.8. The molecule has 0 saturated heterocycles. The van der Waals surface area contributed by atoms with Crippen molar-refractivity contribution in [3.05, 3.63) is 26.6 Å². The Kier molecular flexibility index (Phi) is 36.9. The van der Waals surface area contributed by atoms with Gasteiger partial charge in [-0.3, -0.25) is 0 Å². The summed E-state index contributed by atoms with van der Waals surface area (Å²) in [6.07, 6.45) is 0. The molecule has 2 rings (SSSR count). The Bertz CT molecular complexity index is 317. The standard InChI is InChI=1S/2C10H20.4CO.2Fe/c2*1-6-7(2)9(4)10(5)8(6)3;4*1-2;;/h2*6-10H,1-5H3;;;;;;. The first-order chi connectivity index (χ1) is 13.1. The van der Waals surface area contributed by atoms with Crippen LogP contribution in [0.3, 0.4) is 0 Å². The second kappa shape index (κ2) is 25.3. The van der Waals surface area contributed by atoms with Crippen LogP contribution < -0.4 is 0 Å². The zero-order chi connectivity index (χ0) is 23.8. The fourth-order valence-electron chi connectivity index (χ4n) is 4.79. The van der Waals surface area contributed by atoms with Gasteiger partial charge in [0, 0.05) is 34.1 Å². The molecule has 176 valence electrons. The van der Waals surface area contributed by atoms with Crippen LogP contribution in [-0.2, 0) is 52.7 Å². The van der Waals surface area contributed by atoms with E-state index >= 15 is 0 Å². The van der Waals surface area contributed by atoms with Gasteiger partial charge in [0.15, 0.2) is 0 Å². The molecule has 0 atom stereocenters. The fourth-order valence-corrected chi connectivity index (χ4v) is 4.79. The maximum atomic E-state index is 7.50. The summed E-state index contributed by atoms with van der Waals surface area (Å²) < 4.78 is 30.0. The molecule has 2 aliphatic rings. The van der Waals surface area contributed by atoms with Crippen LogP contribution in [0.5, 0.6) is 0 Å². The Balaban J connectivity index is -0.0000000686. The largest absolute Gasteiger partial charge is 0 e. The minimum absolute atomic E-state index is 0. The second-order valence-corrected chi connectivity index (χ2v) is 8.59. The van der Waals surface area contributed by atoms with Crippen molar-refractivity contribution in [3.63, 3.8) is 0 Å². The molecule has 0 aromatic carbocycles. The molecule has 0 amide bonds. The van der Waals surface area contributed by atoms with Gasteiger partial charge in [0.2, 0.25) is 0 Å². The molecule has 0 heterocycles. The molecule has 0 aliphatic heterocycles. The molecule has 0 aromatic rings. The molecule has 6 heteroatoms.